The van der Waals surface area contributed by atoms with E-state index in [-0.39, 0.29) is 5.28 Å². The van der Waals surface area contributed by atoms with Crippen LogP contribution in [0.5, 0.6) is 0 Å². The molecule has 142 valence electrons. The number of benzene rings is 2. The van der Waals surface area contributed by atoms with E-state index in [1.807, 2.05) is 36.2 Å². The maximum absolute atomic E-state index is 5.93. The fourth-order valence-electron chi connectivity index (χ4n) is 3.20. The molecule has 7 heteroatoms. The van der Waals surface area contributed by atoms with Gasteiger partial charge in [-0.25, -0.2) is 15.0 Å². The number of hydrogen-bond acceptors (Lipinski definition) is 5. The molecule has 0 saturated heterocycles. The van der Waals surface area contributed by atoms with Crippen LogP contribution in [0.2, 0.25) is 5.28 Å². The van der Waals surface area contributed by atoms with Crippen molar-refractivity contribution in [2.45, 2.75) is 20.0 Å². The fourth-order valence-corrected chi connectivity index (χ4v) is 3.35. The minimum absolute atomic E-state index is 0.230. The van der Waals surface area contributed by atoms with Crippen molar-refractivity contribution < 1.29 is 0 Å². The molecule has 0 spiro atoms. The summed E-state index contributed by atoms with van der Waals surface area (Å²) in [6, 6.07) is 18.4. The van der Waals surface area contributed by atoms with Crippen molar-refractivity contribution in [1.82, 2.24) is 19.5 Å². The smallest absolute Gasteiger partial charge is 0.224 e. The normalized spacial score (nSPS) is 11.0. The van der Waals surface area contributed by atoms with Gasteiger partial charge in [0.2, 0.25) is 11.2 Å². The van der Waals surface area contributed by atoms with Crippen LogP contribution in [0.1, 0.15) is 12.5 Å². The molecular formula is C21H21ClN6. The lowest BCUT2D eigenvalue weighted by Crippen LogP contribution is -2.11. The zero-order valence-corrected chi connectivity index (χ0v) is 16.6. The lowest BCUT2D eigenvalue weighted by atomic mass is 10.2. The third kappa shape index (κ3) is 3.64. The second-order valence-electron chi connectivity index (χ2n) is 6.43. The van der Waals surface area contributed by atoms with Crippen LogP contribution < -0.4 is 10.2 Å². The number of aromatic nitrogens is 4. The average Bonchev–Trinajstić information content (AvgIpc) is 3.09. The topological polar surface area (TPSA) is 58.9 Å². The molecule has 6 nitrogen and oxygen atoms in total. The number of nitrogens with zero attached hydrogens (tertiary/aromatic N) is 5. The molecule has 4 aromatic rings. The monoisotopic (exact) mass is 392 g/mol. The molecule has 0 aliphatic rings. The Labute approximate surface area is 168 Å². The fraction of sp³-hybridized carbons (Fsp3) is 0.190. The van der Waals surface area contributed by atoms with Gasteiger partial charge < -0.3 is 14.8 Å². The highest BCUT2D eigenvalue weighted by molar-refractivity contribution is 6.28. The van der Waals surface area contributed by atoms with Gasteiger partial charge in [-0.3, -0.25) is 0 Å². The molecule has 0 amide bonds. The Morgan fingerprint density at radius 1 is 1.07 bits per heavy atom. The number of imidazole rings is 1. The van der Waals surface area contributed by atoms with E-state index < -0.39 is 0 Å². The van der Waals surface area contributed by atoms with E-state index in [1.54, 1.807) is 6.20 Å². The second kappa shape index (κ2) is 7.86. The van der Waals surface area contributed by atoms with Gasteiger partial charge in [-0.05, 0) is 48.4 Å². The molecule has 2 heterocycles. The molecule has 1 N–H and O–H groups in total. The third-order valence-electron chi connectivity index (χ3n) is 4.68. The van der Waals surface area contributed by atoms with Crippen LogP contribution in [0.15, 0.2) is 60.8 Å². The lowest BCUT2D eigenvalue weighted by molar-refractivity contribution is 0.787. The van der Waals surface area contributed by atoms with Crippen LogP contribution in [0.25, 0.3) is 11.0 Å². The van der Waals surface area contributed by atoms with Gasteiger partial charge in [0, 0.05) is 32.0 Å². The molecule has 28 heavy (non-hydrogen) atoms. The van der Waals surface area contributed by atoms with E-state index in [1.165, 1.54) is 5.56 Å². The first-order valence-electron chi connectivity index (χ1n) is 9.16. The molecule has 0 saturated carbocycles. The first-order chi connectivity index (χ1) is 13.7. The average molecular weight is 393 g/mol. The Morgan fingerprint density at radius 2 is 1.89 bits per heavy atom. The van der Waals surface area contributed by atoms with Gasteiger partial charge in [-0.1, -0.05) is 30.3 Å². The summed E-state index contributed by atoms with van der Waals surface area (Å²) in [6.07, 6.45) is 1.65. The summed E-state index contributed by atoms with van der Waals surface area (Å²) in [7, 11) is 1.95. The Morgan fingerprint density at radius 3 is 2.64 bits per heavy atom. The van der Waals surface area contributed by atoms with E-state index >= 15 is 0 Å². The Hall–Kier alpha value is -3.12. The van der Waals surface area contributed by atoms with Crippen LogP contribution in [-0.4, -0.2) is 26.6 Å². The number of nitrogens with one attached hydrogen (secondary N) is 1. The molecule has 4 rings (SSSR count). The molecule has 0 aliphatic carbocycles. The zero-order valence-electron chi connectivity index (χ0n) is 15.8. The number of fused-ring (bicyclic) bond motifs is 1. The zero-order chi connectivity index (χ0) is 19.5. The summed E-state index contributed by atoms with van der Waals surface area (Å²) in [4.78, 5) is 15.0. The molecule has 0 aliphatic heterocycles. The van der Waals surface area contributed by atoms with E-state index in [9.17, 15) is 0 Å². The standard InChI is InChI=1S/C21H21ClN6/c1-3-28-18-10-9-16(27(2)19-11-12-23-20(22)26-19)13-17(18)25-21(28)24-14-15-7-5-4-6-8-15/h4-13H,3,14H2,1-2H3,(H,24,25). The molecule has 0 atom stereocenters. The van der Waals surface area contributed by atoms with Crippen LogP contribution in [0.3, 0.4) is 0 Å². The molecule has 0 bridgehead atoms. The van der Waals surface area contributed by atoms with Gasteiger partial charge in [-0.15, -0.1) is 0 Å². The SMILES string of the molecule is CCn1c(NCc2ccccc2)nc2cc(N(C)c3ccnc(Cl)n3)ccc21. The maximum Gasteiger partial charge on any atom is 0.224 e. The second-order valence-corrected chi connectivity index (χ2v) is 6.77. The van der Waals surface area contributed by atoms with Crippen molar-refractivity contribution in [2.75, 3.05) is 17.3 Å². The quantitative estimate of drug-likeness (QED) is 0.474. The maximum atomic E-state index is 5.93. The highest BCUT2D eigenvalue weighted by atomic mass is 35.5. The first-order valence-corrected chi connectivity index (χ1v) is 9.54. The number of halogens is 1. The number of hydrogen-bond donors (Lipinski definition) is 1. The van der Waals surface area contributed by atoms with Crippen LogP contribution in [0.4, 0.5) is 17.5 Å². The summed E-state index contributed by atoms with van der Waals surface area (Å²) >= 11 is 5.93. The van der Waals surface area contributed by atoms with Crippen LogP contribution >= 0.6 is 11.6 Å². The predicted molar refractivity (Wildman–Crippen MR) is 114 cm³/mol. The van der Waals surface area contributed by atoms with Crippen molar-refractivity contribution in [3.8, 4) is 0 Å². The van der Waals surface area contributed by atoms with Gasteiger partial charge >= 0.3 is 0 Å². The van der Waals surface area contributed by atoms with E-state index in [2.05, 4.69) is 57.1 Å². The summed E-state index contributed by atoms with van der Waals surface area (Å²) in [5.41, 5.74) is 4.23. The minimum Gasteiger partial charge on any atom is -0.352 e. The highest BCUT2D eigenvalue weighted by Gasteiger charge is 2.13. The number of rotatable bonds is 6. The van der Waals surface area contributed by atoms with Crippen molar-refractivity contribution in [3.05, 3.63) is 71.6 Å². The summed E-state index contributed by atoms with van der Waals surface area (Å²) in [5.74, 6) is 1.60. The molecule has 2 aromatic carbocycles. The van der Waals surface area contributed by atoms with Crippen LogP contribution in [0, 0.1) is 0 Å². The largest absolute Gasteiger partial charge is 0.352 e. The van der Waals surface area contributed by atoms with Crippen molar-refractivity contribution in [2.24, 2.45) is 0 Å². The van der Waals surface area contributed by atoms with Crippen molar-refractivity contribution in [1.29, 1.82) is 0 Å². The van der Waals surface area contributed by atoms with Crippen molar-refractivity contribution in [3.63, 3.8) is 0 Å². The van der Waals surface area contributed by atoms with Gasteiger partial charge in [0.1, 0.15) is 5.82 Å². The van der Waals surface area contributed by atoms with Gasteiger partial charge in [0.05, 0.1) is 11.0 Å². The van der Waals surface area contributed by atoms with E-state index in [0.717, 1.165) is 41.6 Å². The van der Waals surface area contributed by atoms with Gasteiger partial charge in [0.25, 0.3) is 0 Å². The lowest BCUT2D eigenvalue weighted by Gasteiger charge is -2.18. The van der Waals surface area contributed by atoms with Crippen molar-refractivity contribution >= 4 is 40.1 Å². The van der Waals surface area contributed by atoms with E-state index in [4.69, 9.17) is 16.6 Å². The molecule has 0 fully saturated rings. The summed E-state index contributed by atoms with van der Waals surface area (Å²) in [5, 5.41) is 3.69. The molecule has 2 aromatic heterocycles. The summed E-state index contributed by atoms with van der Waals surface area (Å²) < 4.78 is 2.18. The van der Waals surface area contributed by atoms with E-state index in [0.29, 0.717) is 0 Å². The van der Waals surface area contributed by atoms with Gasteiger partial charge in [-0.2, -0.15) is 0 Å². The Kier molecular flexibility index (Phi) is 5.12. The third-order valence-corrected chi connectivity index (χ3v) is 4.87. The Bertz CT molecular complexity index is 1090. The minimum atomic E-state index is 0.230. The predicted octanol–water partition coefficient (Wildman–Crippen LogP) is 4.88. The molecule has 0 unspecified atom stereocenters. The Balaban J connectivity index is 1.64. The molecule has 0 radical (unpaired) electrons. The van der Waals surface area contributed by atoms with Gasteiger partial charge in [0.15, 0.2) is 0 Å². The van der Waals surface area contributed by atoms with Crippen LogP contribution in [-0.2, 0) is 13.1 Å². The highest BCUT2D eigenvalue weighted by Crippen LogP contribution is 2.28. The first kappa shape index (κ1) is 18.3. The molecular weight excluding hydrogens is 372 g/mol. The number of aryl methyl sites for hydroxylation is 1. The number of anilines is 3. The summed E-state index contributed by atoms with van der Waals surface area (Å²) in [6.45, 7) is 3.69.